The molecule has 28 heavy (non-hydrogen) atoms. The fourth-order valence-electron chi connectivity index (χ4n) is 3.20. The van der Waals surface area contributed by atoms with Crippen molar-refractivity contribution in [1.82, 2.24) is 0 Å². The first-order chi connectivity index (χ1) is 13.2. The fourth-order valence-corrected chi connectivity index (χ4v) is 3.33. The number of ketones is 1. The van der Waals surface area contributed by atoms with E-state index in [4.69, 9.17) is 11.6 Å². The van der Waals surface area contributed by atoms with Crippen molar-refractivity contribution in [2.45, 2.75) is 25.2 Å². The first kappa shape index (κ1) is 20.3. The summed E-state index contributed by atoms with van der Waals surface area (Å²) in [7, 11) is 0. The van der Waals surface area contributed by atoms with Crippen LogP contribution < -0.4 is 4.74 Å². The first-order valence-electron chi connectivity index (χ1n) is 8.21. The molecule has 1 aliphatic carbocycles. The molecule has 0 N–H and O–H groups in total. The molecule has 2 aromatic carbocycles. The van der Waals surface area contributed by atoms with Crippen molar-refractivity contribution >= 4 is 23.4 Å². The Bertz CT molecular complexity index is 917. The molecular formula is C19H12ClF5O3. The average Bonchev–Trinajstić information content (AvgIpc) is 2.68. The van der Waals surface area contributed by atoms with Gasteiger partial charge in [-0.1, -0.05) is 23.7 Å². The van der Waals surface area contributed by atoms with Crippen LogP contribution >= 0.6 is 11.6 Å². The summed E-state index contributed by atoms with van der Waals surface area (Å²) < 4.78 is 71.9. The van der Waals surface area contributed by atoms with Crippen molar-refractivity contribution in [3.05, 3.63) is 63.9 Å². The fraction of sp³-hybridized carbons (Fsp3) is 0.263. The number of carbonyl (C=O) groups excluding carboxylic acids is 2. The van der Waals surface area contributed by atoms with E-state index in [9.17, 15) is 31.5 Å². The van der Waals surface area contributed by atoms with Gasteiger partial charge < -0.3 is 4.74 Å². The Hall–Kier alpha value is -2.48. The minimum Gasteiger partial charge on any atom is -0.420 e. The summed E-state index contributed by atoms with van der Waals surface area (Å²) in [4.78, 5) is 24.3. The smallest absolute Gasteiger partial charge is 0.315 e. The third kappa shape index (κ3) is 3.73. The van der Waals surface area contributed by atoms with Crippen LogP contribution in [0.15, 0.2) is 24.3 Å². The summed E-state index contributed by atoms with van der Waals surface area (Å²) >= 11 is 5.82. The van der Waals surface area contributed by atoms with E-state index in [0.29, 0.717) is 10.6 Å². The molecule has 3 nitrogen and oxygen atoms in total. The van der Waals surface area contributed by atoms with E-state index in [0.717, 1.165) is 0 Å². The highest BCUT2D eigenvalue weighted by atomic mass is 35.5. The molecule has 0 bridgehead atoms. The minimum atomic E-state index is -2.35. The van der Waals surface area contributed by atoms with Gasteiger partial charge in [-0.25, -0.2) is 13.2 Å². The maximum Gasteiger partial charge on any atom is 0.315 e. The number of halogens is 6. The van der Waals surface area contributed by atoms with Crippen LogP contribution in [0, 0.1) is 35.0 Å². The Labute approximate surface area is 161 Å². The van der Waals surface area contributed by atoms with Crippen molar-refractivity contribution in [2.75, 3.05) is 0 Å². The zero-order chi connectivity index (χ0) is 20.6. The normalized spacial score (nSPS) is 19.6. The predicted octanol–water partition coefficient (Wildman–Crippen LogP) is 5.09. The molecule has 0 saturated heterocycles. The van der Waals surface area contributed by atoms with Gasteiger partial charge in [-0.2, -0.15) is 8.78 Å². The second-order valence-electron chi connectivity index (χ2n) is 6.37. The molecule has 0 aliphatic heterocycles. The highest BCUT2D eigenvalue weighted by Crippen LogP contribution is 2.38. The second-order valence-corrected chi connectivity index (χ2v) is 6.80. The molecule has 2 atom stereocenters. The lowest BCUT2D eigenvalue weighted by Crippen LogP contribution is -2.33. The Morgan fingerprint density at radius 1 is 0.929 bits per heavy atom. The summed E-state index contributed by atoms with van der Waals surface area (Å²) in [6, 6.07) is 6.26. The molecule has 1 aliphatic rings. The summed E-state index contributed by atoms with van der Waals surface area (Å²) in [5, 5.41) is 0.423. The number of hydrogen-bond donors (Lipinski definition) is 0. The van der Waals surface area contributed by atoms with Crippen LogP contribution in [0.5, 0.6) is 5.75 Å². The average molecular weight is 419 g/mol. The van der Waals surface area contributed by atoms with E-state index in [1.807, 2.05) is 0 Å². The van der Waals surface area contributed by atoms with E-state index in [1.54, 1.807) is 24.3 Å². The molecular weight excluding hydrogens is 407 g/mol. The topological polar surface area (TPSA) is 43.4 Å². The van der Waals surface area contributed by atoms with Crippen molar-refractivity contribution < 1.29 is 36.3 Å². The molecule has 9 heteroatoms. The molecule has 1 saturated carbocycles. The zero-order valence-corrected chi connectivity index (χ0v) is 14.8. The monoisotopic (exact) mass is 418 g/mol. The summed E-state index contributed by atoms with van der Waals surface area (Å²) in [5.41, 5.74) is 0.566. The molecule has 2 aromatic rings. The van der Waals surface area contributed by atoms with Gasteiger partial charge in [0.1, 0.15) is 5.78 Å². The number of benzene rings is 2. The van der Waals surface area contributed by atoms with Crippen molar-refractivity contribution in [3.63, 3.8) is 0 Å². The van der Waals surface area contributed by atoms with Crippen LogP contribution in [0.1, 0.15) is 30.7 Å². The number of esters is 1. The van der Waals surface area contributed by atoms with Crippen LogP contribution in [0.25, 0.3) is 0 Å². The number of Topliss-reactive ketones (excluding diaryl/α,β-unsaturated/α-hetero) is 1. The van der Waals surface area contributed by atoms with E-state index < -0.39 is 52.6 Å². The van der Waals surface area contributed by atoms with Crippen LogP contribution in [0.3, 0.4) is 0 Å². The first-order valence-corrected chi connectivity index (χ1v) is 8.58. The molecule has 0 radical (unpaired) electrons. The standard InChI is InChI=1S/C19H12ClF5O3/c20-9-3-1-8(2-4-9)12-7-10(26)5-6-11(12)19(27)28-18-16(24)14(22)13(21)15(23)17(18)25/h1-4,11-12H,5-7H2/t11-,12+/m1/s1. The van der Waals surface area contributed by atoms with Gasteiger partial charge in [-0.05, 0) is 24.1 Å². The largest absolute Gasteiger partial charge is 0.420 e. The van der Waals surface area contributed by atoms with Gasteiger partial charge in [0, 0.05) is 23.8 Å². The lowest BCUT2D eigenvalue weighted by atomic mass is 9.75. The van der Waals surface area contributed by atoms with E-state index >= 15 is 0 Å². The molecule has 0 aromatic heterocycles. The molecule has 1 fully saturated rings. The molecule has 0 spiro atoms. The molecule has 0 unspecified atom stereocenters. The van der Waals surface area contributed by atoms with E-state index in [1.165, 1.54) is 0 Å². The number of carbonyl (C=O) groups is 2. The SMILES string of the molecule is O=C1CC[C@@H](C(=O)Oc2c(F)c(F)c(F)c(F)c2F)[C@H](c2ccc(Cl)cc2)C1. The molecule has 3 rings (SSSR count). The van der Waals surface area contributed by atoms with Gasteiger partial charge in [0.05, 0.1) is 5.92 Å². The Morgan fingerprint density at radius 2 is 1.46 bits per heavy atom. The van der Waals surface area contributed by atoms with Crippen LogP contribution in [0.2, 0.25) is 5.02 Å². The van der Waals surface area contributed by atoms with Crippen molar-refractivity contribution in [1.29, 1.82) is 0 Å². The number of rotatable bonds is 3. The highest BCUT2D eigenvalue weighted by Gasteiger charge is 2.38. The van der Waals surface area contributed by atoms with Gasteiger partial charge in [-0.3, -0.25) is 9.59 Å². The van der Waals surface area contributed by atoms with Crippen LogP contribution in [-0.2, 0) is 9.59 Å². The number of ether oxygens (including phenoxy) is 1. The zero-order valence-electron chi connectivity index (χ0n) is 14.1. The summed E-state index contributed by atoms with van der Waals surface area (Å²) in [5.74, 6) is -15.9. The maximum absolute atomic E-state index is 13.8. The van der Waals surface area contributed by atoms with Gasteiger partial charge in [0.25, 0.3) is 0 Å². The van der Waals surface area contributed by atoms with Gasteiger partial charge >= 0.3 is 5.97 Å². The Kier molecular flexibility index (Phi) is 5.69. The van der Waals surface area contributed by atoms with Crippen molar-refractivity contribution in [3.8, 4) is 5.75 Å². The minimum absolute atomic E-state index is 0.0142. The van der Waals surface area contributed by atoms with Gasteiger partial charge in [0.2, 0.25) is 34.8 Å². The van der Waals surface area contributed by atoms with E-state index in [-0.39, 0.29) is 25.0 Å². The number of hydrogen-bond acceptors (Lipinski definition) is 3. The predicted molar refractivity (Wildman–Crippen MR) is 88.4 cm³/mol. The second kappa shape index (κ2) is 7.87. The van der Waals surface area contributed by atoms with Gasteiger partial charge in [-0.15, -0.1) is 0 Å². The lowest BCUT2D eigenvalue weighted by Gasteiger charge is -2.29. The molecule has 148 valence electrons. The summed E-state index contributed by atoms with van der Waals surface area (Å²) in [6.45, 7) is 0. The van der Waals surface area contributed by atoms with E-state index in [2.05, 4.69) is 4.74 Å². The molecule has 0 heterocycles. The third-order valence-corrected chi connectivity index (χ3v) is 4.89. The lowest BCUT2D eigenvalue weighted by molar-refractivity contribution is -0.142. The maximum atomic E-state index is 13.8. The van der Waals surface area contributed by atoms with Crippen LogP contribution in [0.4, 0.5) is 22.0 Å². The summed E-state index contributed by atoms with van der Waals surface area (Å²) in [6.07, 6.45) is 0.0137. The quantitative estimate of drug-likeness (QED) is 0.229. The van der Waals surface area contributed by atoms with Gasteiger partial charge in [0.15, 0.2) is 0 Å². The Balaban J connectivity index is 1.92. The third-order valence-electron chi connectivity index (χ3n) is 4.64. The highest BCUT2D eigenvalue weighted by molar-refractivity contribution is 6.30. The molecule has 0 amide bonds. The Morgan fingerprint density at radius 3 is 2.04 bits per heavy atom. The van der Waals surface area contributed by atoms with Crippen molar-refractivity contribution in [2.24, 2.45) is 5.92 Å². The van der Waals surface area contributed by atoms with Crippen LogP contribution in [-0.4, -0.2) is 11.8 Å².